The molecule has 2 aromatic heterocycles. The summed E-state index contributed by atoms with van der Waals surface area (Å²) < 4.78 is 6.41. The fraction of sp³-hybridized carbons (Fsp3) is 0.0345. The van der Waals surface area contributed by atoms with Crippen molar-refractivity contribution in [1.82, 2.24) is 9.97 Å². The molecule has 1 aliphatic carbocycles. The zero-order valence-electron chi connectivity index (χ0n) is 33.5. The van der Waals surface area contributed by atoms with Gasteiger partial charge in [0.1, 0.15) is 11.2 Å². The van der Waals surface area contributed by atoms with E-state index in [0.29, 0.717) is 5.82 Å². The zero-order valence-corrected chi connectivity index (χ0v) is 33.5. The highest BCUT2D eigenvalue weighted by molar-refractivity contribution is 6.13. The molecule has 0 saturated heterocycles. The summed E-state index contributed by atoms with van der Waals surface area (Å²) in [7, 11) is 0. The van der Waals surface area contributed by atoms with Crippen LogP contribution < -0.4 is 0 Å². The summed E-state index contributed by atoms with van der Waals surface area (Å²) in [6, 6.07) is 75.9. The highest BCUT2D eigenvalue weighted by Gasteiger charge is 2.40. The van der Waals surface area contributed by atoms with Crippen molar-refractivity contribution in [2.75, 3.05) is 0 Å². The Bertz CT molecular complexity index is 3490. The summed E-state index contributed by atoms with van der Waals surface area (Å²) in [4.78, 5) is 10.7. The lowest BCUT2D eigenvalue weighted by molar-refractivity contribution is 0.669. The van der Waals surface area contributed by atoms with Crippen LogP contribution in [-0.2, 0) is 5.41 Å². The van der Waals surface area contributed by atoms with E-state index in [2.05, 4.69) is 201 Å². The molecule has 11 aromatic rings. The molecule has 286 valence electrons. The van der Waals surface area contributed by atoms with E-state index in [1.165, 1.54) is 44.2 Å². The number of aromatic nitrogens is 2. The molecule has 0 N–H and O–H groups in total. The van der Waals surface area contributed by atoms with E-state index in [1.54, 1.807) is 0 Å². The lowest BCUT2D eigenvalue weighted by atomic mass is 9.74. The van der Waals surface area contributed by atoms with Crippen molar-refractivity contribution < 1.29 is 4.42 Å². The van der Waals surface area contributed by atoms with Crippen molar-refractivity contribution in [3.8, 4) is 67.3 Å². The molecule has 12 rings (SSSR count). The van der Waals surface area contributed by atoms with Crippen LogP contribution in [0, 0.1) is 0 Å². The summed E-state index contributed by atoms with van der Waals surface area (Å²) in [5.41, 5.74) is 17.1. The molecule has 1 atom stereocenters. The third-order valence-electron chi connectivity index (χ3n) is 12.8. The molecule has 0 amide bonds. The molecule has 0 saturated carbocycles. The molecule has 1 unspecified atom stereocenters. The third-order valence-corrected chi connectivity index (χ3v) is 12.8. The van der Waals surface area contributed by atoms with Crippen molar-refractivity contribution in [1.29, 1.82) is 0 Å². The van der Waals surface area contributed by atoms with Crippen LogP contribution in [0.4, 0.5) is 0 Å². The smallest absolute Gasteiger partial charge is 0.160 e. The molecule has 61 heavy (non-hydrogen) atoms. The Labute approximate surface area is 354 Å². The summed E-state index contributed by atoms with van der Waals surface area (Å²) in [5, 5.41) is 4.61. The van der Waals surface area contributed by atoms with Crippen molar-refractivity contribution in [2.45, 2.75) is 12.3 Å². The number of hydrogen-bond acceptors (Lipinski definition) is 3. The van der Waals surface area contributed by atoms with Crippen molar-refractivity contribution in [3.63, 3.8) is 0 Å². The molecule has 0 aliphatic heterocycles. The van der Waals surface area contributed by atoms with E-state index in [4.69, 9.17) is 14.4 Å². The highest BCUT2D eigenvalue weighted by atomic mass is 16.3. The number of rotatable bonds is 6. The van der Waals surface area contributed by atoms with Gasteiger partial charge >= 0.3 is 0 Å². The van der Waals surface area contributed by atoms with Gasteiger partial charge in [-0.15, -0.1) is 0 Å². The fourth-order valence-electron chi connectivity index (χ4n) is 9.77. The maximum absolute atomic E-state index is 6.41. The van der Waals surface area contributed by atoms with Gasteiger partial charge in [-0.2, -0.15) is 0 Å². The maximum atomic E-state index is 6.41. The Kier molecular flexibility index (Phi) is 7.98. The van der Waals surface area contributed by atoms with E-state index < -0.39 is 0 Å². The maximum Gasteiger partial charge on any atom is 0.160 e. The van der Waals surface area contributed by atoms with Gasteiger partial charge in [0, 0.05) is 32.9 Å². The normalized spacial score (nSPS) is 14.4. The first kappa shape index (κ1) is 35.1. The van der Waals surface area contributed by atoms with Gasteiger partial charge in [-0.1, -0.05) is 170 Å². The van der Waals surface area contributed by atoms with Gasteiger partial charge in [0.2, 0.25) is 0 Å². The molecule has 3 nitrogen and oxygen atoms in total. The standard InChI is InChI=1S/C58H38N2O/c1-58(43-20-6-3-7-21-43)50-27-12-10-23-47(50)48-31-30-39(35-51(48)58)52-36-53(60-57(59-52)38-17-4-2-5-18-38)42-33-40(45-25-14-19-37-16-8-9-22-44(37)45)32-41(34-42)46-26-15-29-55-56(46)49-24-11-13-28-54(49)61-55/h2-36H,1H3. The van der Waals surface area contributed by atoms with Crippen LogP contribution in [0.5, 0.6) is 0 Å². The molecule has 1 aliphatic rings. The second kappa shape index (κ2) is 13.9. The second-order valence-corrected chi connectivity index (χ2v) is 16.2. The first-order chi connectivity index (χ1) is 30.1. The van der Waals surface area contributed by atoms with E-state index in [1.807, 2.05) is 18.2 Å². The van der Waals surface area contributed by atoms with Crippen LogP contribution in [0.1, 0.15) is 23.6 Å². The first-order valence-electron chi connectivity index (χ1n) is 20.9. The number of nitrogens with zero attached hydrogens (tertiary/aromatic N) is 2. The predicted octanol–water partition coefficient (Wildman–Crippen LogP) is 15.2. The average Bonchev–Trinajstić information content (AvgIpc) is 3.84. The van der Waals surface area contributed by atoms with Gasteiger partial charge in [-0.3, -0.25) is 0 Å². The van der Waals surface area contributed by atoms with E-state index >= 15 is 0 Å². The Hall–Kier alpha value is -7.88. The highest BCUT2D eigenvalue weighted by Crippen LogP contribution is 2.53. The first-order valence-corrected chi connectivity index (χ1v) is 20.9. The molecule has 2 heterocycles. The zero-order chi connectivity index (χ0) is 40.5. The fourth-order valence-corrected chi connectivity index (χ4v) is 9.77. The topological polar surface area (TPSA) is 38.9 Å². The van der Waals surface area contributed by atoms with Crippen LogP contribution in [-0.4, -0.2) is 9.97 Å². The van der Waals surface area contributed by atoms with Crippen LogP contribution in [0.3, 0.4) is 0 Å². The van der Waals surface area contributed by atoms with Crippen molar-refractivity contribution >= 4 is 32.7 Å². The SMILES string of the molecule is CC1(c2ccccc2)c2ccccc2-c2ccc(-c3cc(-c4cc(-c5cccc6ccccc56)cc(-c5cccc6oc7ccccc7c56)c4)nc(-c4ccccc4)n3)cc21. The summed E-state index contributed by atoms with van der Waals surface area (Å²) >= 11 is 0. The van der Waals surface area contributed by atoms with Crippen LogP contribution in [0.15, 0.2) is 217 Å². The lowest BCUT2D eigenvalue weighted by Gasteiger charge is -2.28. The minimum atomic E-state index is -0.332. The van der Waals surface area contributed by atoms with Gasteiger partial charge in [0.05, 0.1) is 11.4 Å². The second-order valence-electron chi connectivity index (χ2n) is 16.2. The molecule has 0 fully saturated rings. The van der Waals surface area contributed by atoms with E-state index in [-0.39, 0.29) is 5.41 Å². The Balaban J connectivity index is 1.10. The molecular weight excluding hydrogens is 741 g/mol. The number of hydrogen-bond donors (Lipinski definition) is 0. The number of para-hydroxylation sites is 1. The molecule has 0 spiro atoms. The predicted molar refractivity (Wildman–Crippen MR) is 251 cm³/mol. The molecular formula is C58H38N2O. The molecule has 0 bridgehead atoms. The largest absolute Gasteiger partial charge is 0.456 e. The van der Waals surface area contributed by atoms with Gasteiger partial charge in [-0.25, -0.2) is 9.97 Å². The van der Waals surface area contributed by atoms with E-state index in [9.17, 15) is 0 Å². The molecule has 3 heteroatoms. The minimum absolute atomic E-state index is 0.332. The molecule has 0 radical (unpaired) electrons. The van der Waals surface area contributed by atoms with Gasteiger partial charge in [-0.05, 0) is 110 Å². The Morgan fingerprint density at radius 3 is 1.82 bits per heavy atom. The lowest BCUT2D eigenvalue weighted by Crippen LogP contribution is -2.22. The van der Waals surface area contributed by atoms with E-state index in [0.717, 1.165) is 66.7 Å². The number of furan rings is 1. The molecule has 9 aromatic carbocycles. The average molecular weight is 779 g/mol. The number of fused-ring (bicyclic) bond motifs is 7. The quantitative estimate of drug-likeness (QED) is 0.169. The van der Waals surface area contributed by atoms with Crippen LogP contribution >= 0.6 is 0 Å². The van der Waals surface area contributed by atoms with Crippen molar-refractivity contribution in [3.05, 3.63) is 229 Å². The van der Waals surface area contributed by atoms with Gasteiger partial charge in [0.15, 0.2) is 5.82 Å². The Morgan fingerprint density at radius 2 is 0.967 bits per heavy atom. The third kappa shape index (κ3) is 5.66. The minimum Gasteiger partial charge on any atom is -0.456 e. The number of benzene rings is 9. The monoisotopic (exact) mass is 778 g/mol. The summed E-state index contributed by atoms with van der Waals surface area (Å²) in [6.07, 6.45) is 0. The Morgan fingerprint density at radius 1 is 0.377 bits per heavy atom. The van der Waals surface area contributed by atoms with Gasteiger partial charge in [0.25, 0.3) is 0 Å². The van der Waals surface area contributed by atoms with Gasteiger partial charge < -0.3 is 4.42 Å². The van der Waals surface area contributed by atoms with Crippen molar-refractivity contribution in [2.24, 2.45) is 0 Å². The van der Waals surface area contributed by atoms with Crippen LogP contribution in [0.25, 0.3) is 100.0 Å². The summed E-state index contributed by atoms with van der Waals surface area (Å²) in [6.45, 7) is 2.36. The van der Waals surface area contributed by atoms with Crippen LogP contribution in [0.2, 0.25) is 0 Å². The summed E-state index contributed by atoms with van der Waals surface area (Å²) in [5.74, 6) is 0.683.